The van der Waals surface area contributed by atoms with Crippen molar-refractivity contribution in [3.63, 3.8) is 0 Å². The van der Waals surface area contributed by atoms with Crippen molar-refractivity contribution < 1.29 is 4.74 Å². The monoisotopic (exact) mass is 325 g/mol. The fourth-order valence-electron chi connectivity index (χ4n) is 4.11. The third-order valence-corrected chi connectivity index (χ3v) is 6.95. The third-order valence-electron chi connectivity index (χ3n) is 5.57. The molecule has 1 saturated heterocycles. The van der Waals surface area contributed by atoms with Crippen LogP contribution in [0.3, 0.4) is 0 Å². The Hall–Kier alpha value is -0.420. The molecule has 0 aromatic carbocycles. The van der Waals surface area contributed by atoms with E-state index in [2.05, 4.69) is 36.2 Å². The third kappa shape index (κ3) is 3.25. The van der Waals surface area contributed by atoms with Gasteiger partial charge in [0.2, 0.25) is 0 Å². The quantitative estimate of drug-likeness (QED) is 0.582. The number of nitrogens with zero attached hydrogens (tertiary/aromatic N) is 1. The van der Waals surface area contributed by atoms with Crippen molar-refractivity contribution in [3.8, 4) is 0 Å². The molecule has 22 heavy (non-hydrogen) atoms. The molecule has 1 spiro atoms. The second-order valence-electron chi connectivity index (χ2n) is 6.82. The van der Waals surface area contributed by atoms with E-state index in [0.29, 0.717) is 17.6 Å². The van der Waals surface area contributed by atoms with Crippen LogP contribution in [0, 0.1) is 5.41 Å². The van der Waals surface area contributed by atoms with Gasteiger partial charge in [-0.1, -0.05) is 6.42 Å². The topological polar surface area (TPSA) is 45.7 Å². The second kappa shape index (κ2) is 7.43. The summed E-state index contributed by atoms with van der Waals surface area (Å²) in [6.07, 6.45) is 8.27. The Kier molecular flexibility index (Phi) is 5.55. The van der Waals surface area contributed by atoms with Gasteiger partial charge in [0.15, 0.2) is 5.96 Å². The molecule has 3 aliphatic rings. The van der Waals surface area contributed by atoms with Crippen LogP contribution >= 0.6 is 11.8 Å². The van der Waals surface area contributed by atoms with E-state index in [-0.39, 0.29) is 0 Å². The Labute approximate surface area is 139 Å². The maximum absolute atomic E-state index is 5.95. The zero-order valence-corrected chi connectivity index (χ0v) is 14.9. The minimum absolute atomic E-state index is 0.397. The molecule has 4 nitrogen and oxygen atoms in total. The fraction of sp³-hybridized carbons (Fsp3) is 0.941. The van der Waals surface area contributed by atoms with Crippen molar-refractivity contribution in [2.75, 3.05) is 25.4 Å². The number of aliphatic imine (C=N–C) groups is 1. The Morgan fingerprint density at radius 1 is 1.32 bits per heavy atom. The predicted octanol–water partition coefficient (Wildman–Crippen LogP) is 2.78. The summed E-state index contributed by atoms with van der Waals surface area (Å²) in [5, 5.41) is 7.86. The van der Waals surface area contributed by atoms with E-state index < -0.39 is 0 Å². The van der Waals surface area contributed by atoms with E-state index in [1.165, 1.54) is 37.9 Å². The Morgan fingerprint density at radius 3 is 2.77 bits per heavy atom. The molecule has 3 atom stereocenters. The number of nitrogens with one attached hydrogen (secondary N) is 2. The van der Waals surface area contributed by atoms with Crippen LogP contribution < -0.4 is 10.6 Å². The van der Waals surface area contributed by atoms with Crippen LogP contribution in [0.4, 0.5) is 0 Å². The van der Waals surface area contributed by atoms with Gasteiger partial charge in [-0.15, -0.1) is 0 Å². The van der Waals surface area contributed by atoms with E-state index in [1.807, 2.05) is 0 Å². The fourth-order valence-corrected chi connectivity index (χ4v) is 5.29. The van der Waals surface area contributed by atoms with Gasteiger partial charge in [0.25, 0.3) is 0 Å². The minimum Gasteiger partial charge on any atom is -0.378 e. The number of hydrogen-bond acceptors (Lipinski definition) is 3. The van der Waals surface area contributed by atoms with E-state index >= 15 is 0 Å². The molecule has 2 N–H and O–H groups in total. The molecule has 3 rings (SSSR count). The zero-order valence-electron chi connectivity index (χ0n) is 14.1. The molecule has 0 bridgehead atoms. The molecule has 3 unspecified atom stereocenters. The number of hydrogen-bond donors (Lipinski definition) is 2. The molecule has 126 valence electrons. The molecule has 2 saturated carbocycles. The SMILES string of the molecule is CCNC(=NCC1CCCS1)NC1CC(OCC)C12CCC2. The summed E-state index contributed by atoms with van der Waals surface area (Å²) in [6.45, 7) is 6.97. The highest BCUT2D eigenvalue weighted by molar-refractivity contribution is 8.00. The van der Waals surface area contributed by atoms with Crippen molar-refractivity contribution in [1.29, 1.82) is 0 Å². The van der Waals surface area contributed by atoms with Crippen LogP contribution in [0.5, 0.6) is 0 Å². The lowest BCUT2D eigenvalue weighted by Gasteiger charge is -2.61. The van der Waals surface area contributed by atoms with E-state index in [0.717, 1.165) is 37.3 Å². The molecular weight excluding hydrogens is 294 g/mol. The Balaban J connectivity index is 1.55. The van der Waals surface area contributed by atoms with Gasteiger partial charge in [0.1, 0.15) is 0 Å². The summed E-state index contributed by atoms with van der Waals surface area (Å²) in [5.74, 6) is 2.33. The highest BCUT2D eigenvalue weighted by atomic mass is 32.2. The summed E-state index contributed by atoms with van der Waals surface area (Å²) in [5.41, 5.74) is 0.397. The molecule has 0 radical (unpaired) electrons. The molecule has 5 heteroatoms. The molecule has 3 fully saturated rings. The lowest BCUT2D eigenvalue weighted by Crippen LogP contribution is -2.68. The highest BCUT2D eigenvalue weighted by Crippen LogP contribution is 2.57. The molecule has 2 aliphatic carbocycles. The van der Waals surface area contributed by atoms with Crippen LogP contribution in [0.25, 0.3) is 0 Å². The van der Waals surface area contributed by atoms with Crippen molar-refractivity contribution in [2.24, 2.45) is 10.4 Å². The van der Waals surface area contributed by atoms with Gasteiger partial charge in [-0.05, 0) is 51.7 Å². The Morgan fingerprint density at radius 2 is 2.18 bits per heavy atom. The lowest BCUT2D eigenvalue weighted by molar-refractivity contribution is -0.168. The van der Waals surface area contributed by atoms with Gasteiger partial charge in [-0.3, -0.25) is 4.99 Å². The molecule has 0 amide bonds. The Bertz CT molecular complexity index is 391. The summed E-state index contributed by atoms with van der Waals surface area (Å²) in [6, 6.07) is 0.548. The summed E-state index contributed by atoms with van der Waals surface area (Å²) >= 11 is 2.08. The standard InChI is InChI=1S/C17H31N3OS/c1-3-18-16(19-12-13-7-5-10-22-13)20-14-11-15(21-4-2)17(14)8-6-9-17/h13-15H,3-12H2,1-2H3,(H2,18,19,20). The molecular formula is C17H31N3OS. The largest absolute Gasteiger partial charge is 0.378 e. The van der Waals surface area contributed by atoms with Gasteiger partial charge in [-0.2, -0.15) is 11.8 Å². The van der Waals surface area contributed by atoms with Crippen LogP contribution in [0.2, 0.25) is 0 Å². The normalized spacial score (nSPS) is 33.4. The van der Waals surface area contributed by atoms with Crippen molar-refractivity contribution in [2.45, 2.75) is 69.8 Å². The molecule has 1 heterocycles. The van der Waals surface area contributed by atoms with Gasteiger partial charge < -0.3 is 15.4 Å². The molecule has 1 aliphatic heterocycles. The average Bonchev–Trinajstić information content (AvgIpc) is 2.95. The summed E-state index contributed by atoms with van der Waals surface area (Å²) in [7, 11) is 0. The number of thioether (sulfide) groups is 1. The second-order valence-corrected chi connectivity index (χ2v) is 8.23. The highest BCUT2D eigenvalue weighted by Gasteiger charge is 2.59. The van der Waals surface area contributed by atoms with Crippen LogP contribution in [0.15, 0.2) is 4.99 Å². The first-order valence-electron chi connectivity index (χ1n) is 9.06. The van der Waals surface area contributed by atoms with Crippen molar-refractivity contribution in [1.82, 2.24) is 10.6 Å². The van der Waals surface area contributed by atoms with E-state index in [1.54, 1.807) is 0 Å². The predicted molar refractivity (Wildman–Crippen MR) is 94.7 cm³/mol. The van der Waals surface area contributed by atoms with Gasteiger partial charge in [0.05, 0.1) is 12.6 Å². The van der Waals surface area contributed by atoms with Crippen LogP contribution in [-0.2, 0) is 4.74 Å². The van der Waals surface area contributed by atoms with Crippen LogP contribution in [-0.4, -0.2) is 48.8 Å². The summed E-state index contributed by atoms with van der Waals surface area (Å²) in [4.78, 5) is 4.85. The van der Waals surface area contributed by atoms with Gasteiger partial charge >= 0.3 is 0 Å². The minimum atomic E-state index is 0.397. The van der Waals surface area contributed by atoms with Crippen LogP contribution in [0.1, 0.15) is 52.4 Å². The zero-order chi connectivity index (χ0) is 15.4. The summed E-state index contributed by atoms with van der Waals surface area (Å²) < 4.78 is 5.95. The average molecular weight is 326 g/mol. The van der Waals surface area contributed by atoms with Gasteiger partial charge in [-0.25, -0.2) is 0 Å². The van der Waals surface area contributed by atoms with Crippen molar-refractivity contribution in [3.05, 3.63) is 0 Å². The first kappa shape index (κ1) is 16.4. The number of ether oxygens (including phenoxy) is 1. The first-order valence-corrected chi connectivity index (χ1v) is 10.1. The van der Waals surface area contributed by atoms with E-state index in [4.69, 9.17) is 9.73 Å². The smallest absolute Gasteiger partial charge is 0.191 e. The molecule has 0 aromatic rings. The van der Waals surface area contributed by atoms with E-state index in [9.17, 15) is 0 Å². The maximum Gasteiger partial charge on any atom is 0.191 e. The molecule has 0 aromatic heterocycles. The maximum atomic E-state index is 5.95. The number of rotatable bonds is 6. The first-order chi connectivity index (χ1) is 10.8. The number of guanidine groups is 1. The van der Waals surface area contributed by atoms with Gasteiger partial charge in [0, 0.05) is 29.9 Å². The lowest BCUT2D eigenvalue weighted by atomic mass is 9.51. The van der Waals surface area contributed by atoms with Crippen molar-refractivity contribution >= 4 is 17.7 Å².